The molecule has 4 rings (SSSR count). The highest BCUT2D eigenvalue weighted by Gasteiger charge is 2.32. The number of amides is 1. The molecule has 2 aromatic rings. The molecule has 2 fully saturated rings. The van der Waals surface area contributed by atoms with Gasteiger partial charge in [0.05, 0.1) is 25.4 Å². The van der Waals surface area contributed by atoms with Crippen LogP contribution in [-0.4, -0.2) is 62.9 Å². The first-order valence-electron chi connectivity index (χ1n) is 10.8. The number of nitrogens with one attached hydrogen (secondary N) is 1. The average Bonchev–Trinajstić information content (AvgIpc) is 3.34. The van der Waals surface area contributed by atoms with E-state index in [2.05, 4.69) is 10.2 Å². The Hall–Kier alpha value is -2.12. The number of halogens is 1. The summed E-state index contributed by atoms with van der Waals surface area (Å²) >= 11 is 5.95. The fourth-order valence-electron chi connectivity index (χ4n) is 4.17. The molecule has 2 heterocycles. The first-order valence-corrected chi connectivity index (χ1v) is 11.2. The summed E-state index contributed by atoms with van der Waals surface area (Å²) in [4.78, 5) is 15.5. The number of ether oxygens (including phenoxy) is 3. The van der Waals surface area contributed by atoms with Gasteiger partial charge >= 0.3 is 0 Å². The lowest BCUT2D eigenvalue weighted by Crippen LogP contribution is -2.52. The van der Waals surface area contributed by atoms with E-state index in [0.717, 1.165) is 51.5 Å². The van der Waals surface area contributed by atoms with Crippen LogP contribution in [-0.2, 0) is 16.1 Å². The minimum Gasteiger partial charge on any atom is -0.488 e. The van der Waals surface area contributed by atoms with Crippen LogP contribution in [0.25, 0.3) is 0 Å². The smallest absolute Gasteiger partial charge is 0.255 e. The van der Waals surface area contributed by atoms with Gasteiger partial charge in [-0.2, -0.15) is 0 Å². The van der Waals surface area contributed by atoms with E-state index in [9.17, 15) is 4.79 Å². The number of carbonyl (C=O) groups is 1. The van der Waals surface area contributed by atoms with Gasteiger partial charge < -0.3 is 19.5 Å². The molecule has 0 saturated carbocycles. The van der Waals surface area contributed by atoms with Crippen molar-refractivity contribution < 1.29 is 19.0 Å². The quantitative estimate of drug-likeness (QED) is 0.676. The predicted octanol–water partition coefficient (Wildman–Crippen LogP) is 3.39. The zero-order valence-electron chi connectivity index (χ0n) is 17.6. The Bertz CT molecular complexity index is 849. The maximum absolute atomic E-state index is 13.0. The summed E-state index contributed by atoms with van der Waals surface area (Å²) < 4.78 is 17.1. The van der Waals surface area contributed by atoms with Crippen molar-refractivity contribution in [1.82, 2.24) is 10.2 Å². The van der Waals surface area contributed by atoms with Crippen LogP contribution in [0.1, 0.15) is 22.3 Å². The third-order valence-electron chi connectivity index (χ3n) is 5.93. The molecular formula is C24H29ClN2O4. The van der Waals surface area contributed by atoms with E-state index in [1.165, 1.54) is 0 Å². The first kappa shape index (κ1) is 22.1. The van der Waals surface area contributed by atoms with Crippen molar-refractivity contribution in [2.75, 3.05) is 46.1 Å². The molecule has 31 heavy (non-hydrogen) atoms. The molecule has 0 aromatic heterocycles. The number of nitrogens with zero attached hydrogens (tertiary/aromatic N) is 1. The maximum atomic E-state index is 13.0. The Labute approximate surface area is 188 Å². The molecule has 0 aliphatic carbocycles. The third-order valence-corrected chi connectivity index (χ3v) is 6.19. The Balaban J connectivity index is 1.39. The van der Waals surface area contributed by atoms with E-state index in [1.54, 1.807) is 6.07 Å². The molecular weight excluding hydrogens is 416 g/mol. The van der Waals surface area contributed by atoms with Crippen molar-refractivity contribution in [2.24, 2.45) is 5.92 Å². The fourth-order valence-corrected chi connectivity index (χ4v) is 4.30. The standard InChI is InChI=1S/C24H29ClN2O4/c25-20-7-5-18(6-8-20)16-31-23-4-2-1-3-21(23)24(28)26-15-22(19-9-12-30-17-19)27-10-13-29-14-11-27/h1-8,19,22H,9-17H2,(H,26,28). The van der Waals surface area contributed by atoms with Crippen LogP contribution in [0.15, 0.2) is 48.5 Å². The summed E-state index contributed by atoms with van der Waals surface area (Å²) in [5, 5.41) is 3.83. The number of hydrogen-bond acceptors (Lipinski definition) is 5. The Morgan fingerprint density at radius 3 is 2.61 bits per heavy atom. The average molecular weight is 445 g/mol. The van der Waals surface area contributed by atoms with Crippen molar-refractivity contribution in [3.05, 3.63) is 64.7 Å². The van der Waals surface area contributed by atoms with Crippen LogP contribution in [0.3, 0.4) is 0 Å². The van der Waals surface area contributed by atoms with Gasteiger partial charge in [-0.05, 0) is 36.2 Å². The molecule has 0 bridgehead atoms. The number of benzene rings is 2. The summed E-state index contributed by atoms with van der Waals surface area (Å²) in [6, 6.07) is 15.1. The summed E-state index contributed by atoms with van der Waals surface area (Å²) in [6.45, 7) is 5.74. The van der Waals surface area contributed by atoms with Gasteiger partial charge in [0.1, 0.15) is 12.4 Å². The Morgan fingerprint density at radius 2 is 1.87 bits per heavy atom. The van der Waals surface area contributed by atoms with Crippen molar-refractivity contribution in [1.29, 1.82) is 0 Å². The van der Waals surface area contributed by atoms with Crippen molar-refractivity contribution in [3.63, 3.8) is 0 Å². The lowest BCUT2D eigenvalue weighted by atomic mass is 9.96. The summed E-state index contributed by atoms with van der Waals surface area (Å²) in [5.41, 5.74) is 1.54. The second-order valence-electron chi connectivity index (χ2n) is 7.96. The molecule has 2 aromatic carbocycles. The van der Waals surface area contributed by atoms with Gasteiger partial charge in [-0.15, -0.1) is 0 Å². The molecule has 1 N–H and O–H groups in total. The highest BCUT2D eigenvalue weighted by molar-refractivity contribution is 6.30. The van der Waals surface area contributed by atoms with E-state index in [1.807, 2.05) is 42.5 Å². The number of para-hydroxylation sites is 1. The maximum Gasteiger partial charge on any atom is 0.255 e. The normalized spacial score (nSPS) is 20.4. The molecule has 2 atom stereocenters. The largest absolute Gasteiger partial charge is 0.488 e. The van der Waals surface area contributed by atoms with E-state index in [4.69, 9.17) is 25.8 Å². The highest BCUT2D eigenvalue weighted by atomic mass is 35.5. The molecule has 0 radical (unpaired) electrons. The topological polar surface area (TPSA) is 60.0 Å². The number of morpholine rings is 1. The van der Waals surface area contributed by atoms with Crippen LogP contribution >= 0.6 is 11.6 Å². The summed E-state index contributed by atoms with van der Waals surface area (Å²) in [5.74, 6) is 0.876. The number of carbonyl (C=O) groups excluding carboxylic acids is 1. The zero-order chi connectivity index (χ0) is 21.5. The monoisotopic (exact) mass is 444 g/mol. The van der Waals surface area contributed by atoms with Crippen molar-refractivity contribution in [3.8, 4) is 5.75 Å². The molecule has 7 heteroatoms. The zero-order valence-corrected chi connectivity index (χ0v) is 18.4. The molecule has 2 unspecified atom stereocenters. The van der Waals surface area contributed by atoms with Crippen molar-refractivity contribution in [2.45, 2.75) is 19.1 Å². The van der Waals surface area contributed by atoms with Gasteiger partial charge in [0.15, 0.2) is 0 Å². The van der Waals surface area contributed by atoms with Crippen LogP contribution in [0, 0.1) is 5.92 Å². The second-order valence-corrected chi connectivity index (χ2v) is 8.40. The van der Waals surface area contributed by atoms with Gasteiger partial charge in [-0.3, -0.25) is 9.69 Å². The van der Waals surface area contributed by atoms with Gasteiger partial charge in [0, 0.05) is 43.2 Å². The van der Waals surface area contributed by atoms with E-state index >= 15 is 0 Å². The van der Waals surface area contributed by atoms with Gasteiger partial charge in [-0.25, -0.2) is 0 Å². The minimum atomic E-state index is -0.121. The third kappa shape index (κ3) is 5.98. The second kappa shape index (κ2) is 11.0. The van der Waals surface area contributed by atoms with Crippen LogP contribution in [0.5, 0.6) is 5.75 Å². The van der Waals surface area contributed by atoms with Gasteiger partial charge in [0.2, 0.25) is 0 Å². The lowest BCUT2D eigenvalue weighted by molar-refractivity contribution is 0.00166. The molecule has 166 valence electrons. The molecule has 6 nitrogen and oxygen atoms in total. The summed E-state index contributed by atoms with van der Waals surface area (Å²) in [6.07, 6.45) is 1.03. The van der Waals surface area contributed by atoms with Crippen LogP contribution in [0.2, 0.25) is 5.02 Å². The minimum absolute atomic E-state index is 0.121. The van der Waals surface area contributed by atoms with E-state index < -0.39 is 0 Å². The van der Waals surface area contributed by atoms with Crippen molar-refractivity contribution >= 4 is 17.5 Å². The SMILES string of the molecule is O=C(NCC(C1CCOC1)N1CCOCC1)c1ccccc1OCc1ccc(Cl)cc1. The number of hydrogen-bond donors (Lipinski definition) is 1. The molecule has 2 saturated heterocycles. The number of rotatable bonds is 8. The highest BCUT2D eigenvalue weighted by Crippen LogP contribution is 2.23. The van der Waals surface area contributed by atoms with Crippen LogP contribution in [0.4, 0.5) is 0 Å². The Kier molecular flexibility index (Phi) is 7.81. The van der Waals surface area contributed by atoms with Gasteiger partial charge in [-0.1, -0.05) is 35.9 Å². The molecule has 2 aliphatic rings. The fraction of sp³-hybridized carbons (Fsp3) is 0.458. The van der Waals surface area contributed by atoms with E-state index in [-0.39, 0.29) is 11.9 Å². The van der Waals surface area contributed by atoms with Crippen LogP contribution < -0.4 is 10.1 Å². The Morgan fingerprint density at radius 1 is 1.10 bits per heavy atom. The van der Waals surface area contributed by atoms with E-state index in [0.29, 0.717) is 35.4 Å². The molecule has 0 spiro atoms. The first-order chi connectivity index (χ1) is 15.2. The lowest BCUT2D eigenvalue weighted by Gasteiger charge is -2.37. The predicted molar refractivity (Wildman–Crippen MR) is 120 cm³/mol. The molecule has 1 amide bonds. The van der Waals surface area contributed by atoms with Gasteiger partial charge in [0.25, 0.3) is 5.91 Å². The molecule has 2 aliphatic heterocycles. The summed E-state index contributed by atoms with van der Waals surface area (Å²) in [7, 11) is 0.